The highest BCUT2D eigenvalue weighted by Gasteiger charge is 2.41. The second-order valence-electron chi connectivity index (χ2n) is 5.66. The molecule has 2 saturated heterocycles. The third-order valence-corrected chi connectivity index (χ3v) is 4.45. The number of carbonyl (C=O) groups excluding carboxylic acids is 1. The van der Waals surface area contributed by atoms with Crippen LogP contribution in [0.5, 0.6) is 5.75 Å². The Labute approximate surface area is 120 Å². The first-order chi connectivity index (χ1) is 9.78. The fraction of sp³-hybridized carbons (Fsp3) is 0.562. The first kappa shape index (κ1) is 13.4. The lowest BCUT2D eigenvalue weighted by Gasteiger charge is -2.23. The minimum Gasteiger partial charge on any atom is -0.497 e. The number of methoxy groups -OCH3 is 1. The summed E-state index contributed by atoms with van der Waals surface area (Å²) in [6.07, 6.45) is 3.84. The summed E-state index contributed by atoms with van der Waals surface area (Å²) in [4.78, 5) is 14.1. The summed E-state index contributed by atoms with van der Waals surface area (Å²) in [5, 5.41) is 3.42. The van der Waals surface area contributed by atoms with Gasteiger partial charge in [0, 0.05) is 25.0 Å². The molecule has 1 aromatic rings. The molecule has 1 N–H and O–H groups in total. The van der Waals surface area contributed by atoms with E-state index in [-0.39, 0.29) is 0 Å². The molecule has 0 unspecified atom stereocenters. The summed E-state index contributed by atoms with van der Waals surface area (Å²) < 4.78 is 5.16. The van der Waals surface area contributed by atoms with E-state index in [2.05, 4.69) is 22.3 Å². The Balaban J connectivity index is 1.50. The van der Waals surface area contributed by atoms with Crippen LogP contribution in [0.3, 0.4) is 0 Å². The summed E-state index contributed by atoms with van der Waals surface area (Å²) in [5.41, 5.74) is 1.30. The van der Waals surface area contributed by atoms with Crippen LogP contribution < -0.4 is 10.1 Å². The van der Waals surface area contributed by atoms with Gasteiger partial charge in [-0.1, -0.05) is 12.1 Å². The van der Waals surface area contributed by atoms with Crippen LogP contribution >= 0.6 is 0 Å². The summed E-state index contributed by atoms with van der Waals surface area (Å²) in [6, 6.07) is 9.04. The Kier molecular flexibility index (Phi) is 3.92. The molecule has 108 valence electrons. The summed E-state index contributed by atoms with van der Waals surface area (Å²) in [5.74, 6) is 1.21. The SMILES string of the molecule is COc1ccc(CCCN2C(=O)C[C@H]3NCC[C@H]32)cc1. The number of hydrogen-bond donors (Lipinski definition) is 1. The molecule has 2 aliphatic heterocycles. The highest BCUT2D eigenvalue weighted by molar-refractivity contribution is 5.80. The molecular weight excluding hydrogens is 252 g/mol. The third kappa shape index (κ3) is 2.66. The lowest BCUT2D eigenvalue weighted by molar-refractivity contribution is -0.129. The monoisotopic (exact) mass is 274 g/mol. The number of benzene rings is 1. The normalized spacial score (nSPS) is 25.1. The van der Waals surface area contributed by atoms with Crippen LogP contribution in [-0.2, 0) is 11.2 Å². The number of nitrogens with one attached hydrogen (secondary N) is 1. The average molecular weight is 274 g/mol. The standard InChI is InChI=1S/C16H22N2O2/c1-20-13-6-4-12(5-7-13)3-2-10-18-15-8-9-17-14(15)11-16(18)19/h4-7,14-15,17H,2-3,8-11H2,1H3/t14-,15-/m1/s1. The maximum atomic E-state index is 12.0. The van der Waals surface area contributed by atoms with Crippen LogP contribution in [0, 0.1) is 0 Å². The summed E-state index contributed by atoms with van der Waals surface area (Å²) in [6.45, 7) is 1.94. The molecule has 2 fully saturated rings. The predicted molar refractivity (Wildman–Crippen MR) is 77.8 cm³/mol. The molecular formula is C16H22N2O2. The number of fused-ring (bicyclic) bond motifs is 1. The van der Waals surface area contributed by atoms with Crippen molar-refractivity contribution in [1.29, 1.82) is 0 Å². The fourth-order valence-corrected chi connectivity index (χ4v) is 3.36. The molecule has 1 aromatic carbocycles. The maximum Gasteiger partial charge on any atom is 0.224 e. The third-order valence-electron chi connectivity index (χ3n) is 4.45. The highest BCUT2D eigenvalue weighted by atomic mass is 16.5. The number of amides is 1. The van der Waals surface area contributed by atoms with E-state index in [1.165, 1.54) is 5.56 Å². The topological polar surface area (TPSA) is 41.6 Å². The van der Waals surface area contributed by atoms with E-state index in [1.807, 2.05) is 12.1 Å². The molecule has 0 spiro atoms. The molecule has 0 aromatic heterocycles. The Morgan fingerprint density at radius 1 is 1.35 bits per heavy atom. The number of hydrogen-bond acceptors (Lipinski definition) is 3. The van der Waals surface area contributed by atoms with Crippen LogP contribution in [0.15, 0.2) is 24.3 Å². The zero-order valence-corrected chi connectivity index (χ0v) is 12.0. The van der Waals surface area contributed by atoms with Crippen LogP contribution in [0.2, 0.25) is 0 Å². The van der Waals surface area contributed by atoms with E-state index in [0.29, 0.717) is 24.4 Å². The van der Waals surface area contributed by atoms with Crippen molar-refractivity contribution in [2.24, 2.45) is 0 Å². The second kappa shape index (κ2) is 5.83. The molecule has 2 heterocycles. The van der Waals surface area contributed by atoms with Crippen molar-refractivity contribution in [3.8, 4) is 5.75 Å². The highest BCUT2D eigenvalue weighted by Crippen LogP contribution is 2.26. The number of carbonyl (C=O) groups is 1. The van der Waals surface area contributed by atoms with Gasteiger partial charge in [-0.05, 0) is 43.5 Å². The van der Waals surface area contributed by atoms with Crippen molar-refractivity contribution in [3.63, 3.8) is 0 Å². The fourth-order valence-electron chi connectivity index (χ4n) is 3.36. The van der Waals surface area contributed by atoms with E-state index in [1.54, 1.807) is 7.11 Å². The quantitative estimate of drug-likeness (QED) is 0.886. The minimum absolute atomic E-state index is 0.321. The summed E-state index contributed by atoms with van der Waals surface area (Å²) in [7, 11) is 1.68. The molecule has 4 heteroatoms. The van der Waals surface area contributed by atoms with Gasteiger partial charge in [0.2, 0.25) is 5.91 Å². The van der Waals surface area contributed by atoms with Crippen LogP contribution in [0.4, 0.5) is 0 Å². The Morgan fingerprint density at radius 3 is 2.90 bits per heavy atom. The van der Waals surface area contributed by atoms with E-state index < -0.39 is 0 Å². The number of rotatable bonds is 5. The van der Waals surface area contributed by atoms with Gasteiger partial charge in [-0.2, -0.15) is 0 Å². The lowest BCUT2D eigenvalue weighted by Crippen LogP contribution is -2.36. The van der Waals surface area contributed by atoms with Gasteiger partial charge in [-0.15, -0.1) is 0 Å². The number of ether oxygens (including phenoxy) is 1. The molecule has 0 radical (unpaired) electrons. The molecule has 20 heavy (non-hydrogen) atoms. The zero-order valence-electron chi connectivity index (χ0n) is 12.0. The van der Waals surface area contributed by atoms with Gasteiger partial charge in [0.25, 0.3) is 0 Å². The van der Waals surface area contributed by atoms with Crippen molar-refractivity contribution in [1.82, 2.24) is 10.2 Å². The Bertz CT molecular complexity index is 472. The number of nitrogens with zero attached hydrogens (tertiary/aromatic N) is 1. The van der Waals surface area contributed by atoms with Gasteiger partial charge < -0.3 is 15.0 Å². The van der Waals surface area contributed by atoms with Gasteiger partial charge in [-0.3, -0.25) is 4.79 Å². The molecule has 0 saturated carbocycles. The van der Waals surface area contributed by atoms with Crippen molar-refractivity contribution < 1.29 is 9.53 Å². The van der Waals surface area contributed by atoms with Crippen molar-refractivity contribution in [2.45, 2.75) is 37.8 Å². The van der Waals surface area contributed by atoms with Gasteiger partial charge in [0.05, 0.1) is 7.11 Å². The zero-order chi connectivity index (χ0) is 13.9. The predicted octanol–water partition coefficient (Wildman–Crippen LogP) is 1.59. The van der Waals surface area contributed by atoms with E-state index in [0.717, 1.165) is 38.1 Å². The molecule has 3 rings (SSSR count). The molecule has 0 aliphatic carbocycles. The van der Waals surface area contributed by atoms with Crippen LogP contribution in [-0.4, -0.2) is 43.1 Å². The van der Waals surface area contributed by atoms with Crippen LogP contribution in [0.25, 0.3) is 0 Å². The van der Waals surface area contributed by atoms with Gasteiger partial charge in [0.1, 0.15) is 5.75 Å². The van der Waals surface area contributed by atoms with E-state index in [9.17, 15) is 4.79 Å². The van der Waals surface area contributed by atoms with E-state index >= 15 is 0 Å². The average Bonchev–Trinajstić information content (AvgIpc) is 3.02. The smallest absolute Gasteiger partial charge is 0.224 e. The van der Waals surface area contributed by atoms with Gasteiger partial charge in [0.15, 0.2) is 0 Å². The first-order valence-electron chi connectivity index (χ1n) is 7.44. The minimum atomic E-state index is 0.321. The van der Waals surface area contributed by atoms with Crippen molar-refractivity contribution >= 4 is 5.91 Å². The second-order valence-corrected chi connectivity index (χ2v) is 5.66. The van der Waals surface area contributed by atoms with Crippen LogP contribution in [0.1, 0.15) is 24.8 Å². The van der Waals surface area contributed by atoms with E-state index in [4.69, 9.17) is 4.74 Å². The van der Waals surface area contributed by atoms with Crippen molar-refractivity contribution in [2.75, 3.05) is 20.2 Å². The van der Waals surface area contributed by atoms with Gasteiger partial charge in [-0.25, -0.2) is 0 Å². The van der Waals surface area contributed by atoms with Crippen molar-refractivity contribution in [3.05, 3.63) is 29.8 Å². The molecule has 2 atom stereocenters. The molecule has 0 bridgehead atoms. The Morgan fingerprint density at radius 2 is 2.15 bits per heavy atom. The first-order valence-corrected chi connectivity index (χ1v) is 7.44. The van der Waals surface area contributed by atoms with Gasteiger partial charge >= 0.3 is 0 Å². The number of likely N-dealkylation sites (tertiary alicyclic amines) is 1. The lowest BCUT2D eigenvalue weighted by atomic mass is 10.1. The molecule has 2 aliphatic rings. The number of aryl methyl sites for hydroxylation is 1. The largest absolute Gasteiger partial charge is 0.497 e. The molecule has 4 nitrogen and oxygen atoms in total. The summed E-state index contributed by atoms with van der Waals surface area (Å²) >= 11 is 0. The Hall–Kier alpha value is -1.55. The molecule has 1 amide bonds. The maximum absolute atomic E-state index is 12.0.